The molecule has 1 aliphatic rings. The van der Waals surface area contributed by atoms with Crippen molar-refractivity contribution in [1.82, 2.24) is 14.7 Å². The lowest BCUT2D eigenvalue weighted by molar-refractivity contribution is 0.0634. The maximum absolute atomic E-state index is 13.3. The molecule has 3 aromatic rings. The first kappa shape index (κ1) is 21.1. The van der Waals surface area contributed by atoms with Crippen LogP contribution in [-0.2, 0) is 6.54 Å². The number of halogens is 1. The van der Waals surface area contributed by atoms with Crippen LogP contribution in [0.1, 0.15) is 60.3 Å². The number of nitrogens with zero attached hydrogens (tertiary/aromatic N) is 4. The van der Waals surface area contributed by atoms with E-state index in [4.69, 9.17) is 16.7 Å². The van der Waals surface area contributed by atoms with Crippen LogP contribution in [0.4, 0.5) is 0 Å². The molecule has 158 valence electrons. The van der Waals surface area contributed by atoms with E-state index in [1.54, 1.807) is 6.07 Å². The van der Waals surface area contributed by atoms with Gasteiger partial charge in [-0.3, -0.25) is 9.48 Å². The summed E-state index contributed by atoms with van der Waals surface area (Å²) < 4.78 is 1.92. The van der Waals surface area contributed by atoms with Gasteiger partial charge in [0.05, 0.1) is 23.4 Å². The molecule has 4 rings (SSSR count). The minimum Gasteiger partial charge on any atom is -0.331 e. The Morgan fingerprint density at radius 2 is 1.97 bits per heavy atom. The number of aromatic nitrogens is 2. The predicted octanol–water partition coefficient (Wildman–Crippen LogP) is 5.85. The Morgan fingerprint density at radius 1 is 1.16 bits per heavy atom. The van der Waals surface area contributed by atoms with E-state index in [1.807, 2.05) is 58.1 Å². The summed E-state index contributed by atoms with van der Waals surface area (Å²) in [7, 11) is 0. The standard InChI is InChI=1S/C25H25ClN4O/c1-2-3-4-8-22-17-29(16-19-7-5-6-18(13-19)15-27)25(31)24-14-23(28-30(22)24)20-9-11-21(26)12-10-20/h5-7,9-14,22H,2-4,8,16-17H2,1H3. The Balaban J connectivity index is 1.65. The molecule has 0 bridgehead atoms. The van der Waals surface area contributed by atoms with Crippen molar-refractivity contribution in [3.8, 4) is 17.3 Å². The normalized spacial score (nSPS) is 15.6. The fraction of sp³-hybridized carbons (Fsp3) is 0.320. The van der Waals surface area contributed by atoms with Gasteiger partial charge in [-0.2, -0.15) is 10.4 Å². The maximum atomic E-state index is 13.3. The average molecular weight is 433 g/mol. The number of rotatable bonds is 7. The van der Waals surface area contributed by atoms with Gasteiger partial charge in [-0.15, -0.1) is 0 Å². The maximum Gasteiger partial charge on any atom is 0.272 e. The zero-order chi connectivity index (χ0) is 21.8. The van der Waals surface area contributed by atoms with Crippen LogP contribution >= 0.6 is 11.6 Å². The number of unbranched alkanes of at least 4 members (excludes halogenated alkanes) is 2. The van der Waals surface area contributed by atoms with E-state index in [0.717, 1.165) is 42.5 Å². The zero-order valence-corrected chi connectivity index (χ0v) is 18.3. The summed E-state index contributed by atoms with van der Waals surface area (Å²) in [5.74, 6) is -0.0261. The van der Waals surface area contributed by atoms with Gasteiger partial charge in [0.1, 0.15) is 5.69 Å². The van der Waals surface area contributed by atoms with Gasteiger partial charge in [0.25, 0.3) is 5.91 Å². The Morgan fingerprint density at radius 3 is 2.71 bits per heavy atom. The molecule has 2 heterocycles. The summed E-state index contributed by atoms with van der Waals surface area (Å²) in [5, 5.41) is 14.7. The molecule has 0 radical (unpaired) electrons. The van der Waals surface area contributed by atoms with Crippen molar-refractivity contribution in [2.45, 2.75) is 45.2 Å². The molecule has 1 amide bonds. The van der Waals surface area contributed by atoms with Crippen LogP contribution in [0.15, 0.2) is 54.6 Å². The summed E-state index contributed by atoms with van der Waals surface area (Å²) in [4.78, 5) is 15.2. The highest BCUT2D eigenvalue weighted by molar-refractivity contribution is 6.30. The second-order valence-corrected chi connectivity index (χ2v) is 8.45. The molecule has 31 heavy (non-hydrogen) atoms. The Hall–Kier alpha value is -3.10. The number of carbonyl (C=O) groups excluding carboxylic acids is 1. The molecule has 0 saturated carbocycles. The molecule has 2 aromatic carbocycles. The molecular weight excluding hydrogens is 408 g/mol. The van der Waals surface area contributed by atoms with Gasteiger partial charge < -0.3 is 4.90 Å². The lowest BCUT2D eigenvalue weighted by Crippen LogP contribution is -2.42. The average Bonchev–Trinajstić information content (AvgIpc) is 3.23. The predicted molar refractivity (Wildman–Crippen MR) is 122 cm³/mol. The SMILES string of the molecule is CCCCCC1CN(Cc2cccc(C#N)c2)C(=O)c2cc(-c3ccc(Cl)cc3)nn21. The first-order valence-electron chi connectivity index (χ1n) is 10.7. The molecule has 5 nitrogen and oxygen atoms in total. The molecule has 0 N–H and O–H groups in total. The Bertz CT molecular complexity index is 1110. The lowest BCUT2D eigenvalue weighted by atomic mass is 10.0. The molecule has 1 unspecified atom stereocenters. The van der Waals surface area contributed by atoms with Crippen molar-refractivity contribution < 1.29 is 4.79 Å². The summed E-state index contributed by atoms with van der Waals surface area (Å²) in [6, 6.07) is 19.2. The first-order valence-corrected chi connectivity index (χ1v) is 11.1. The van der Waals surface area contributed by atoms with Crippen LogP contribution in [0, 0.1) is 11.3 Å². The molecule has 6 heteroatoms. The largest absolute Gasteiger partial charge is 0.331 e. The second-order valence-electron chi connectivity index (χ2n) is 8.01. The molecule has 1 atom stereocenters. The number of carbonyl (C=O) groups is 1. The van der Waals surface area contributed by atoms with Gasteiger partial charge in [0.2, 0.25) is 0 Å². The molecule has 0 saturated heterocycles. The lowest BCUT2D eigenvalue weighted by Gasteiger charge is -2.33. The molecule has 0 aliphatic carbocycles. The minimum absolute atomic E-state index is 0.0261. The smallest absolute Gasteiger partial charge is 0.272 e. The molecule has 1 aromatic heterocycles. The summed E-state index contributed by atoms with van der Waals surface area (Å²) in [5.41, 5.74) is 3.92. The van der Waals surface area contributed by atoms with Crippen molar-refractivity contribution in [3.63, 3.8) is 0 Å². The van der Waals surface area contributed by atoms with Gasteiger partial charge in [-0.05, 0) is 42.3 Å². The minimum atomic E-state index is -0.0261. The highest BCUT2D eigenvalue weighted by Crippen LogP contribution is 2.30. The van der Waals surface area contributed by atoms with E-state index < -0.39 is 0 Å². The summed E-state index contributed by atoms with van der Waals surface area (Å²) in [6.45, 7) is 3.30. The third kappa shape index (κ3) is 4.65. The summed E-state index contributed by atoms with van der Waals surface area (Å²) in [6.07, 6.45) is 4.39. The van der Waals surface area contributed by atoms with Gasteiger partial charge >= 0.3 is 0 Å². The molecule has 0 fully saturated rings. The topological polar surface area (TPSA) is 61.9 Å². The van der Waals surface area contributed by atoms with Crippen LogP contribution in [0.2, 0.25) is 5.02 Å². The van der Waals surface area contributed by atoms with E-state index in [1.165, 1.54) is 0 Å². The van der Waals surface area contributed by atoms with Gasteiger partial charge in [-0.1, -0.05) is 62.1 Å². The first-order chi connectivity index (χ1) is 15.1. The summed E-state index contributed by atoms with van der Waals surface area (Å²) >= 11 is 6.03. The number of benzene rings is 2. The Kier molecular flexibility index (Phi) is 6.39. The van der Waals surface area contributed by atoms with Gasteiger partial charge in [0, 0.05) is 23.7 Å². The third-order valence-corrected chi connectivity index (χ3v) is 5.98. The van der Waals surface area contributed by atoms with E-state index in [-0.39, 0.29) is 11.9 Å². The van der Waals surface area contributed by atoms with E-state index in [9.17, 15) is 10.1 Å². The third-order valence-electron chi connectivity index (χ3n) is 5.73. The highest BCUT2D eigenvalue weighted by atomic mass is 35.5. The van der Waals surface area contributed by atoms with Gasteiger partial charge in [0.15, 0.2) is 0 Å². The van der Waals surface area contributed by atoms with Crippen LogP contribution in [0.25, 0.3) is 11.3 Å². The van der Waals surface area contributed by atoms with Gasteiger partial charge in [-0.25, -0.2) is 0 Å². The van der Waals surface area contributed by atoms with E-state index in [2.05, 4.69) is 13.0 Å². The quantitative estimate of drug-likeness (QED) is 0.440. The number of hydrogen-bond donors (Lipinski definition) is 0. The van der Waals surface area contributed by atoms with Crippen LogP contribution in [0.3, 0.4) is 0 Å². The number of fused-ring (bicyclic) bond motifs is 1. The molecule has 1 aliphatic heterocycles. The fourth-order valence-electron chi connectivity index (χ4n) is 4.11. The van der Waals surface area contributed by atoms with Crippen LogP contribution < -0.4 is 0 Å². The van der Waals surface area contributed by atoms with Crippen molar-refractivity contribution in [3.05, 3.63) is 76.4 Å². The monoisotopic (exact) mass is 432 g/mol. The van der Waals surface area contributed by atoms with Crippen molar-refractivity contribution in [2.75, 3.05) is 6.54 Å². The van der Waals surface area contributed by atoms with Crippen LogP contribution in [-0.4, -0.2) is 27.1 Å². The number of nitriles is 1. The number of hydrogen-bond acceptors (Lipinski definition) is 3. The van der Waals surface area contributed by atoms with Crippen LogP contribution in [0.5, 0.6) is 0 Å². The fourth-order valence-corrected chi connectivity index (χ4v) is 4.24. The number of amides is 1. The zero-order valence-electron chi connectivity index (χ0n) is 17.6. The molecular formula is C25H25ClN4O. The second kappa shape index (κ2) is 9.36. The van der Waals surface area contributed by atoms with Crippen molar-refractivity contribution >= 4 is 17.5 Å². The van der Waals surface area contributed by atoms with Crippen molar-refractivity contribution in [1.29, 1.82) is 5.26 Å². The Labute approximate surface area is 187 Å². The van der Waals surface area contributed by atoms with E-state index in [0.29, 0.717) is 29.4 Å². The van der Waals surface area contributed by atoms with E-state index >= 15 is 0 Å². The van der Waals surface area contributed by atoms with Crippen molar-refractivity contribution in [2.24, 2.45) is 0 Å². The molecule has 0 spiro atoms. The highest BCUT2D eigenvalue weighted by Gasteiger charge is 2.32.